The number of nitro benzene ring substituents is 1. The van der Waals surface area contributed by atoms with Crippen molar-refractivity contribution in [2.75, 3.05) is 19.1 Å². The number of ether oxygens (including phenoxy) is 1. The molecule has 2 fully saturated rings. The van der Waals surface area contributed by atoms with Gasteiger partial charge in [-0.3, -0.25) is 10.1 Å². The van der Waals surface area contributed by atoms with Crippen LogP contribution in [0.1, 0.15) is 56.1 Å². The second-order valence-corrected chi connectivity index (χ2v) is 10.2. The number of non-ortho nitro benzene ring substituents is 1. The molecule has 3 aliphatic carbocycles. The van der Waals surface area contributed by atoms with E-state index in [1.54, 1.807) is 7.11 Å². The molecular weight excluding hydrogens is 404 g/mol. The monoisotopic (exact) mass is 436 g/mol. The van der Waals surface area contributed by atoms with Gasteiger partial charge >= 0.3 is 0 Å². The number of anilines is 1. The van der Waals surface area contributed by atoms with E-state index < -0.39 is 4.92 Å². The summed E-state index contributed by atoms with van der Waals surface area (Å²) in [6, 6.07) is 11.2. The Hall–Kier alpha value is -2.76. The number of nitro groups is 1. The number of aromatic hydroxyl groups is 1. The Morgan fingerprint density at radius 1 is 1.16 bits per heavy atom. The fourth-order valence-electron chi connectivity index (χ4n) is 7.37. The molecule has 2 saturated carbocycles. The number of hydrogen-bond acceptors (Lipinski definition) is 5. The molecule has 0 aliphatic heterocycles. The van der Waals surface area contributed by atoms with E-state index in [0.29, 0.717) is 23.4 Å². The summed E-state index contributed by atoms with van der Waals surface area (Å²) in [6.07, 6.45) is 6.85. The van der Waals surface area contributed by atoms with Crippen molar-refractivity contribution < 1.29 is 14.8 Å². The number of phenolic OH excluding ortho intramolecular Hbond substituents is 1. The number of methoxy groups -OCH3 is 1. The number of phenols is 1. The minimum atomic E-state index is -0.393. The summed E-state index contributed by atoms with van der Waals surface area (Å²) in [5.41, 5.74) is 3.68. The maximum Gasteiger partial charge on any atom is 0.271 e. The van der Waals surface area contributed by atoms with Crippen molar-refractivity contribution in [3.8, 4) is 11.5 Å². The number of nitrogens with zero attached hydrogens (tertiary/aromatic N) is 2. The van der Waals surface area contributed by atoms with Crippen LogP contribution in [0.4, 0.5) is 11.4 Å². The van der Waals surface area contributed by atoms with E-state index in [9.17, 15) is 15.2 Å². The molecule has 0 heterocycles. The quantitative estimate of drug-likeness (QED) is 0.494. The van der Waals surface area contributed by atoms with Gasteiger partial charge in [-0.15, -0.1) is 0 Å². The van der Waals surface area contributed by atoms with Gasteiger partial charge in [0, 0.05) is 25.2 Å². The van der Waals surface area contributed by atoms with E-state index in [4.69, 9.17) is 4.74 Å². The smallest absolute Gasteiger partial charge is 0.271 e. The second kappa shape index (κ2) is 7.68. The van der Waals surface area contributed by atoms with Crippen LogP contribution in [0.2, 0.25) is 0 Å². The molecule has 0 bridgehead atoms. The zero-order valence-electron chi connectivity index (χ0n) is 19.1. The largest absolute Gasteiger partial charge is 0.506 e. The Kier molecular flexibility index (Phi) is 5.06. The van der Waals surface area contributed by atoms with Crippen LogP contribution >= 0.6 is 0 Å². The number of fused-ring (bicyclic) bond motifs is 5. The minimum Gasteiger partial charge on any atom is -0.506 e. The van der Waals surface area contributed by atoms with E-state index in [1.165, 1.54) is 48.6 Å². The van der Waals surface area contributed by atoms with Gasteiger partial charge in [-0.05, 0) is 91.0 Å². The Labute approximate surface area is 189 Å². The van der Waals surface area contributed by atoms with Crippen molar-refractivity contribution in [1.82, 2.24) is 0 Å². The highest BCUT2D eigenvalue weighted by Gasteiger charge is 2.56. The number of benzene rings is 2. The molecular formula is C26H32N2O4. The van der Waals surface area contributed by atoms with Crippen molar-refractivity contribution in [3.05, 3.63) is 57.6 Å². The maximum atomic E-state index is 11.3. The molecule has 5 rings (SSSR count). The lowest BCUT2D eigenvalue weighted by atomic mass is 9.55. The molecule has 32 heavy (non-hydrogen) atoms. The predicted octanol–water partition coefficient (Wildman–Crippen LogP) is 5.67. The summed E-state index contributed by atoms with van der Waals surface area (Å²) < 4.78 is 5.45. The lowest BCUT2D eigenvalue weighted by Crippen LogP contribution is -2.49. The highest BCUT2D eigenvalue weighted by molar-refractivity contribution is 5.63. The van der Waals surface area contributed by atoms with E-state index in [-0.39, 0.29) is 22.9 Å². The van der Waals surface area contributed by atoms with Gasteiger partial charge in [0.2, 0.25) is 0 Å². The lowest BCUT2D eigenvalue weighted by Gasteiger charge is -2.52. The Bertz CT molecular complexity index is 1050. The molecule has 2 aromatic rings. The number of hydrogen-bond donors (Lipinski definition) is 1. The molecule has 0 saturated heterocycles. The van der Waals surface area contributed by atoms with E-state index in [2.05, 4.69) is 30.0 Å². The van der Waals surface area contributed by atoms with Crippen molar-refractivity contribution in [1.29, 1.82) is 0 Å². The van der Waals surface area contributed by atoms with E-state index >= 15 is 0 Å². The molecule has 170 valence electrons. The van der Waals surface area contributed by atoms with Crippen LogP contribution in [0.25, 0.3) is 0 Å². The summed E-state index contributed by atoms with van der Waals surface area (Å²) in [5.74, 6) is 2.97. The van der Waals surface area contributed by atoms with E-state index in [1.807, 2.05) is 7.05 Å². The molecule has 1 N–H and O–H groups in total. The number of aryl methyl sites for hydroxylation is 1. The lowest BCUT2D eigenvalue weighted by molar-refractivity contribution is -0.384. The summed E-state index contributed by atoms with van der Waals surface area (Å²) >= 11 is 0. The standard InChI is InChI=1S/C26H32N2O4/c1-26-13-12-20-19-8-6-18(32-3)14-16(19)4-7-21(20)22(26)9-11-25(26)27(2)23-15-17(28(30)31)5-10-24(23)29/h5-6,8,10,14-15,20-22,25,29H,4,7,9,11-13H2,1-3H3/t20-,21-,22+,25+,26+/m1/s1. The van der Waals surface area contributed by atoms with Crippen LogP contribution in [-0.2, 0) is 6.42 Å². The minimum absolute atomic E-state index is 0.0207. The first-order valence-electron chi connectivity index (χ1n) is 11.7. The maximum absolute atomic E-state index is 11.3. The van der Waals surface area contributed by atoms with Gasteiger partial charge in [0.05, 0.1) is 17.7 Å². The summed E-state index contributed by atoms with van der Waals surface area (Å²) in [6.45, 7) is 2.42. The van der Waals surface area contributed by atoms with Crippen LogP contribution in [-0.4, -0.2) is 30.2 Å². The molecule has 0 unspecified atom stereocenters. The summed E-state index contributed by atoms with van der Waals surface area (Å²) in [5, 5.41) is 21.8. The third kappa shape index (κ3) is 3.14. The Morgan fingerprint density at radius 3 is 2.72 bits per heavy atom. The third-order valence-corrected chi connectivity index (χ3v) is 8.90. The van der Waals surface area contributed by atoms with Gasteiger partial charge in [-0.1, -0.05) is 13.0 Å². The van der Waals surface area contributed by atoms with Crippen LogP contribution in [0, 0.1) is 27.4 Å². The summed E-state index contributed by atoms with van der Waals surface area (Å²) in [7, 11) is 3.72. The Balaban J connectivity index is 1.43. The van der Waals surface area contributed by atoms with Gasteiger partial charge in [-0.2, -0.15) is 0 Å². The van der Waals surface area contributed by atoms with Crippen LogP contribution in [0.5, 0.6) is 11.5 Å². The van der Waals surface area contributed by atoms with Gasteiger partial charge in [0.15, 0.2) is 0 Å². The van der Waals surface area contributed by atoms with E-state index in [0.717, 1.165) is 25.0 Å². The average Bonchev–Trinajstić information content (AvgIpc) is 3.15. The number of rotatable bonds is 4. The first-order chi connectivity index (χ1) is 15.3. The fourth-order valence-corrected chi connectivity index (χ4v) is 7.37. The van der Waals surface area contributed by atoms with Crippen LogP contribution < -0.4 is 9.64 Å². The first kappa shape index (κ1) is 21.1. The first-order valence-corrected chi connectivity index (χ1v) is 11.7. The highest BCUT2D eigenvalue weighted by atomic mass is 16.6. The van der Waals surface area contributed by atoms with Crippen molar-refractivity contribution in [3.63, 3.8) is 0 Å². The van der Waals surface area contributed by atoms with Gasteiger partial charge < -0.3 is 14.7 Å². The molecule has 0 aromatic heterocycles. The normalized spacial score (nSPS) is 30.7. The molecule has 0 spiro atoms. The topological polar surface area (TPSA) is 75.8 Å². The second-order valence-electron chi connectivity index (χ2n) is 10.2. The van der Waals surface area contributed by atoms with Crippen molar-refractivity contribution in [2.45, 2.75) is 57.4 Å². The third-order valence-electron chi connectivity index (χ3n) is 8.90. The van der Waals surface area contributed by atoms with Crippen LogP contribution in [0.3, 0.4) is 0 Å². The van der Waals surface area contributed by atoms with Gasteiger partial charge in [-0.25, -0.2) is 0 Å². The molecule has 2 aromatic carbocycles. The van der Waals surface area contributed by atoms with Gasteiger partial charge in [0.1, 0.15) is 11.5 Å². The molecule has 6 heteroatoms. The summed E-state index contributed by atoms with van der Waals surface area (Å²) in [4.78, 5) is 13.0. The zero-order valence-corrected chi connectivity index (χ0v) is 19.1. The van der Waals surface area contributed by atoms with Crippen molar-refractivity contribution in [2.24, 2.45) is 17.3 Å². The zero-order chi connectivity index (χ0) is 22.6. The molecule has 6 nitrogen and oxygen atoms in total. The molecule has 0 amide bonds. The predicted molar refractivity (Wildman–Crippen MR) is 125 cm³/mol. The molecule has 3 aliphatic rings. The fraction of sp³-hybridized carbons (Fsp3) is 0.538. The van der Waals surface area contributed by atoms with Crippen LogP contribution in [0.15, 0.2) is 36.4 Å². The van der Waals surface area contributed by atoms with Crippen molar-refractivity contribution >= 4 is 11.4 Å². The SMILES string of the molecule is COc1ccc2c(c1)CC[C@@H]1[C@@H]2CC[C@]2(C)[C@@H](N(C)c3cc([N+](=O)[O-])ccc3O)CC[C@@H]12. The Morgan fingerprint density at radius 2 is 1.97 bits per heavy atom. The van der Waals surface area contributed by atoms with Gasteiger partial charge in [0.25, 0.3) is 5.69 Å². The average molecular weight is 437 g/mol. The molecule has 0 radical (unpaired) electrons. The highest BCUT2D eigenvalue weighted by Crippen LogP contribution is 2.62. The molecule has 5 atom stereocenters.